The van der Waals surface area contributed by atoms with Gasteiger partial charge in [0.15, 0.2) is 0 Å². The van der Waals surface area contributed by atoms with Gasteiger partial charge in [-0.25, -0.2) is 9.50 Å². The Morgan fingerprint density at radius 2 is 2.00 bits per heavy atom. The van der Waals surface area contributed by atoms with E-state index in [1.54, 1.807) is 13.8 Å². The number of nitrogens with one attached hydrogen (secondary N) is 1. The Bertz CT molecular complexity index is 838. The molecule has 0 spiro atoms. The highest BCUT2D eigenvalue weighted by atomic mass is 35.5. The molecule has 0 aromatic carbocycles. The third-order valence-electron chi connectivity index (χ3n) is 4.71. The van der Waals surface area contributed by atoms with Gasteiger partial charge in [-0.05, 0) is 32.8 Å². The molecule has 3 rings (SSSR count). The molecule has 0 saturated carbocycles. The lowest BCUT2D eigenvalue weighted by atomic mass is 10.1. The van der Waals surface area contributed by atoms with Crippen molar-refractivity contribution in [3.05, 3.63) is 22.8 Å². The number of piperazine rings is 1. The number of aromatic nitrogens is 4. The zero-order valence-corrected chi connectivity index (χ0v) is 16.1. The molecule has 1 aliphatic rings. The van der Waals surface area contributed by atoms with Crippen LogP contribution in [0.5, 0.6) is 0 Å². The lowest BCUT2D eigenvalue weighted by Crippen LogP contribution is -2.52. The number of nitrogens with zero attached hydrogens (tertiary/aromatic N) is 5. The van der Waals surface area contributed by atoms with Crippen molar-refractivity contribution in [1.82, 2.24) is 29.8 Å². The summed E-state index contributed by atoms with van der Waals surface area (Å²) < 4.78 is 39.6. The highest BCUT2D eigenvalue weighted by molar-refractivity contribution is 5.85. The molecule has 2 aromatic heterocycles. The van der Waals surface area contributed by atoms with Crippen molar-refractivity contribution in [2.75, 3.05) is 19.6 Å². The number of hydrogen-bond donors (Lipinski definition) is 1. The molecule has 1 unspecified atom stereocenters. The van der Waals surface area contributed by atoms with Crippen LogP contribution in [-0.4, -0.2) is 56.1 Å². The summed E-state index contributed by atoms with van der Waals surface area (Å²) in [5.74, 6) is -1.26. The highest BCUT2D eigenvalue weighted by Gasteiger charge is 2.37. The Kier molecular flexibility index (Phi) is 6.31. The molecule has 1 N–H and O–H groups in total. The first-order valence-electron chi connectivity index (χ1n) is 8.48. The van der Waals surface area contributed by atoms with Crippen LogP contribution in [0.4, 0.5) is 13.2 Å². The van der Waals surface area contributed by atoms with Gasteiger partial charge in [0.05, 0.1) is 0 Å². The summed E-state index contributed by atoms with van der Waals surface area (Å²) in [6.07, 6.45) is -3.94. The van der Waals surface area contributed by atoms with Crippen molar-refractivity contribution >= 4 is 24.1 Å². The van der Waals surface area contributed by atoms with Crippen molar-refractivity contribution in [3.8, 4) is 0 Å². The van der Waals surface area contributed by atoms with Crippen molar-refractivity contribution in [2.24, 2.45) is 0 Å². The lowest BCUT2D eigenvalue weighted by Gasteiger charge is -2.34. The van der Waals surface area contributed by atoms with E-state index in [0.717, 1.165) is 23.2 Å². The smallest absolute Gasteiger partial charge is 0.337 e. The first kappa shape index (κ1) is 21.4. The topological polar surface area (TPSA) is 75.4 Å². The molecule has 1 saturated heterocycles. The number of carbonyl (C=O) groups is 1. The second kappa shape index (κ2) is 7.97. The maximum absolute atomic E-state index is 12.8. The van der Waals surface area contributed by atoms with E-state index in [-0.39, 0.29) is 36.6 Å². The first-order valence-corrected chi connectivity index (χ1v) is 8.48. The fourth-order valence-electron chi connectivity index (χ4n) is 3.28. The van der Waals surface area contributed by atoms with Gasteiger partial charge < -0.3 is 10.2 Å². The van der Waals surface area contributed by atoms with Gasteiger partial charge in [0.25, 0.3) is 11.6 Å². The van der Waals surface area contributed by atoms with E-state index in [2.05, 4.69) is 20.4 Å². The summed E-state index contributed by atoms with van der Waals surface area (Å²) in [6.45, 7) is 7.55. The normalized spacial score (nSPS) is 17.9. The second-order valence-electron chi connectivity index (χ2n) is 6.55. The minimum atomic E-state index is -4.62. The third kappa shape index (κ3) is 4.32. The van der Waals surface area contributed by atoms with Gasteiger partial charge >= 0.3 is 6.18 Å². The molecule has 1 amide bonds. The maximum atomic E-state index is 12.8. The standard InChI is InChI=1S/C16H21F3N6O.ClH/c1-9-8-20-6-7-24(9)13(26)5-4-12-10(2)21-15-22-14(16(17,18)19)23-25(15)11(12)3;/h9,20H,4-8H2,1-3H3;1H. The molecular formula is C16H22ClF3N6O. The summed E-state index contributed by atoms with van der Waals surface area (Å²) in [4.78, 5) is 21.9. The zero-order valence-electron chi connectivity index (χ0n) is 15.3. The van der Waals surface area contributed by atoms with E-state index in [1.165, 1.54) is 0 Å². The number of rotatable bonds is 3. The van der Waals surface area contributed by atoms with Crippen LogP contribution in [-0.2, 0) is 17.4 Å². The van der Waals surface area contributed by atoms with E-state index < -0.39 is 12.0 Å². The second-order valence-corrected chi connectivity index (χ2v) is 6.55. The van der Waals surface area contributed by atoms with Crippen LogP contribution in [0.15, 0.2) is 0 Å². The van der Waals surface area contributed by atoms with Crippen molar-refractivity contribution in [3.63, 3.8) is 0 Å². The van der Waals surface area contributed by atoms with Crippen LogP contribution in [0.2, 0.25) is 0 Å². The molecule has 0 aliphatic carbocycles. The molecule has 3 heterocycles. The molecule has 1 atom stereocenters. The van der Waals surface area contributed by atoms with Crippen LogP contribution in [0, 0.1) is 13.8 Å². The SMILES string of the molecule is Cc1nc2nc(C(F)(F)F)nn2c(C)c1CCC(=O)N1CCNCC1C.Cl. The van der Waals surface area contributed by atoms with Gasteiger partial charge in [-0.15, -0.1) is 17.5 Å². The Hall–Kier alpha value is -1.94. The van der Waals surface area contributed by atoms with E-state index in [0.29, 0.717) is 24.4 Å². The summed E-state index contributed by atoms with van der Waals surface area (Å²) in [5.41, 5.74) is 1.82. The molecule has 0 radical (unpaired) electrons. The number of alkyl halides is 3. The van der Waals surface area contributed by atoms with Crippen LogP contribution in [0.25, 0.3) is 5.78 Å². The summed E-state index contributed by atoms with van der Waals surface area (Å²) in [5, 5.41) is 6.76. The predicted molar refractivity (Wildman–Crippen MR) is 94.9 cm³/mol. The lowest BCUT2D eigenvalue weighted by molar-refractivity contribution is -0.144. The van der Waals surface area contributed by atoms with Crippen molar-refractivity contribution in [2.45, 2.75) is 45.8 Å². The van der Waals surface area contributed by atoms with Gasteiger partial charge in [-0.3, -0.25) is 4.79 Å². The molecule has 7 nitrogen and oxygen atoms in total. The quantitative estimate of drug-likeness (QED) is 0.843. The zero-order chi connectivity index (χ0) is 19.1. The first-order chi connectivity index (χ1) is 12.2. The van der Waals surface area contributed by atoms with Gasteiger partial charge in [-0.1, -0.05) is 0 Å². The van der Waals surface area contributed by atoms with E-state index in [9.17, 15) is 18.0 Å². The minimum Gasteiger partial charge on any atom is -0.337 e. The maximum Gasteiger partial charge on any atom is 0.453 e. The summed E-state index contributed by atoms with van der Waals surface area (Å²) in [7, 11) is 0. The number of carbonyl (C=O) groups excluding carboxylic acids is 1. The fraction of sp³-hybridized carbons (Fsp3) is 0.625. The van der Waals surface area contributed by atoms with Gasteiger partial charge in [0.2, 0.25) is 5.91 Å². The Balaban J connectivity index is 0.00000261. The molecular weight excluding hydrogens is 385 g/mol. The number of fused-ring (bicyclic) bond motifs is 1. The molecule has 27 heavy (non-hydrogen) atoms. The number of hydrogen-bond acceptors (Lipinski definition) is 5. The monoisotopic (exact) mass is 406 g/mol. The van der Waals surface area contributed by atoms with Gasteiger partial charge in [0, 0.05) is 43.5 Å². The van der Waals surface area contributed by atoms with Crippen LogP contribution in [0.1, 0.15) is 36.1 Å². The molecule has 1 fully saturated rings. The van der Waals surface area contributed by atoms with E-state index >= 15 is 0 Å². The van der Waals surface area contributed by atoms with Gasteiger partial charge in [-0.2, -0.15) is 18.2 Å². The molecule has 2 aromatic rings. The Labute approximate surface area is 160 Å². The largest absolute Gasteiger partial charge is 0.453 e. The molecule has 11 heteroatoms. The van der Waals surface area contributed by atoms with E-state index in [4.69, 9.17) is 0 Å². The predicted octanol–water partition coefficient (Wildman–Crippen LogP) is 1.93. The average Bonchev–Trinajstić information content (AvgIpc) is 2.99. The fourth-order valence-corrected chi connectivity index (χ4v) is 3.28. The van der Waals surface area contributed by atoms with Crippen LogP contribution in [0.3, 0.4) is 0 Å². The summed E-state index contributed by atoms with van der Waals surface area (Å²) >= 11 is 0. The van der Waals surface area contributed by atoms with Crippen LogP contribution >= 0.6 is 12.4 Å². The van der Waals surface area contributed by atoms with Crippen molar-refractivity contribution in [1.29, 1.82) is 0 Å². The Morgan fingerprint density at radius 3 is 2.63 bits per heavy atom. The van der Waals surface area contributed by atoms with Crippen molar-refractivity contribution < 1.29 is 18.0 Å². The molecule has 150 valence electrons. The highest BCUT2D eigenvalue weighted by Crippen LogP contribution is 2.27. The molecule has 1 aliphatic heterocycles. The van der Waals surface area contributed by atoms with Crippen LogP contribution < -0.4 is 5.32 Å². The number of aryl methyl sites for hydroxylation is 2. The average molecular weight is 407 g/mol. The third-order valence-corrected chi connectivity index (χ3v) is 4.71. The summed E-state index contributed by atoms with van der Waals surface area (Å²) in [6, 6.07) is 0.128. The number of halogens is 4. The molecule has 0 bridgehead atoms. The minimum absolute atomic E-state index is 0. The number of amides is 1. The van der Waals surface area contributed by atoms with E-state index in [1.807, 2.05) is 11.8 Å². The van der Waals surface area contributed by atoms with Gasteiger partial charge in [0.1, 0.15) is 0 Å². The Morgan fingerprint density at radius 1 is 1.30 bits per heavy atom.